The first-order valence-corrected chi connectivity index (χ1v) is 10.8. The van der Waals surface area contributed by atoms with Crippen molar-refractivity contribution in [3.8, 4) is 0 Å². The van der Waals surface area contributed by atoms with E-state index in [0.717, 1.165) is 31.6 Å². The Kier molecular flexibility index (Phi) is 6.54. The van der Waals surface area contributed by atoms with Crippen LogP contribution in [0.2, 0.25) is 0 Å². The maximum Gasteiger partial charge on any atom is 0.276 e. The van der Waals surface area contributed by atoms with Gasteiger partial charge in [-0.15, -0.1) is 5.10 Å². The van der Waals surface area contributed by atoms with Crippen molar-refractivity contribution in [1.29, 1.82) is 0 Å². The third-order valence-electron chi connectivity index (χ3n) is 6.10. The van der Waals surface area contributed by atoms with E-state index < -0.39 is 0 Å². The van der Waals surface area contributed by atoms with Crippen molar-refractivity contribution in [2.75, 3.05) is 26.2 Å². The monoisotopic (exact) mass is 399 g/mol. The van der Waals surface area contributed by atoms with Crippen LogP contribution in [-0.2, 0) is 13.1 Å². The van der Waals surface area contributed by atoms with Crippen LogP contribution in [0.4, 0.5) is 4.39 Å². The van der Waals surface area contributed by atoms with Gasteiger partial charge in [-0.2, -0.15) is 0 Å². The Balaban J connectivity index is 1.31. The highest BCUT2D eigenvalue weighted by molar-refractivity contribution is 5.91. The van der Waals surface area contributed by atoms with Gasteiger partial charge >= 0.3 is 0 Å². The minimum absolute atomic E-state index is 0.0347. The Morgan fingerprint density at radius 1 is 1.07 bits per heavy atom. The molecule has 2 aromatic rings. The summed E-state index contributed by atoms with van der Waals surface area (Å²) >= 11 is 0. The molecule has 1 saturated carbocycles. The van der Waals surface area contributed by atoms with Gasteiger partial charge in [0.15, 0.2) is 5.69 Å². The van der Waals surface area contributed by atoms with Crippen LogP contribution in [0.25, 0.3) is 0 Å². The number of carbonyl (C=O) groups excluding carboxylic acids is 1. The van der Waals surface area contributed by atoms with Gasteiger partial charge in [0, 0.05) is 39.3 Å². The van der Waals surface area contributed by atoms with E-state index in [1.165, 1.54) is 38.2 Å². The number of aromatic nitrogens is 3. The maximum absolute atomic E-state index is 13.4. The van der Waals surface area contributed by atoms with Crippen molar-refractivity contribution in [3.05, 3.63) is 47.5 Å². The van der Waals surface area contributed by atoms with E-state index in [1.807, 2.05) is 21.8 Å². The Labute approximate surface area is 171 Å². The smallest absolute Gasteiger partial charge is 0.276 e. The molecule has 1 aromatic carbocycles. The first-order valence-electron chi connectivity index (χ1n) is 10.8. The predicted molar refractivity (Wildman–Crippen MR) is 109 cm³/mol. The molecule has 1 aliphatic carbocycles. The first kappa shape index (κ1) is 20.0. The molecule has 0 unspecified atom stereocenters. The summed E-state index contributed by atoms with van der Waals surface area (Å²) in [6.07, 6.45) is 9.13. The molecule has 2 fully saturated rings. The molecule has 156 valence electrons. The normalized spacial score (nSPS) is 19.3. The summed E-state index contributed by atoms with van der Waals surface area (Å²) in [6.45, 7) is 4.61. The van der Waals surface area contributed by atoms with Gasteiger partial charge in [0.05, 0.1) is 6.20 Å². The van der Waals surface area contributed by atoms with Crippen molar-refractivity contribution in [2.24, 2.45) is 5.92 Å². The lowest BCUT2D eigenvalue weighted by molar-refractivity contribution is 0.0755. The zero-order valence-electron chi connectivity index (χ0n) is 17.0. The second kappa shape index (κ2) is 9.48. The molecule has 1 amide bonds. The topological polar surface area (TPSA) is 54.3 Å². The highest BCUT2D eigenvalue weighted by Gasteiger charge is 2.23. The van der Waals surface area contributed by atoms with Crippen LogP contribution in [0.3, 0.4) is 0 Å². The Morgan fingerprint density at radius 2 is 1.93 bits per heavy atom. The third-order valence-corrected chi connectivity index (χ3v) is 6.10. The lowest BCUT2D eigenvalue weighted by Crippen LogP contribution is -2.35. The summed E-state index contributed by atoms with van der Waals surface area (Å²) in [7, 11) is 0. The number of hydrogen-bond acceptors (Lipinski definition) is 4. The third kappa shape index (κ3) is 5.41. The largest absolute Gasteiger partial charge is 0.336 e. The molecule has 0 spiro atoms. The van der Waals surface area contributed by atoms with Crippen molar-refractivity contribution >= 4 is 5.91 Å². The molecule has 4 rings (SSSR count). The summed E-state index contributed by atoms with van der Waals surface area (Å²) in [5.74, 6) is 0.418. The first-order chi connectivity index (χ1) is 14.2. The number of nitrogens with zero attached hydrogens (tertiary/aromatic N) is 5. The van der Waals surface area contributed by atoms with Crippen LogP contribution < -0.4 is 0 Å². The molecule has 1 aliphatic heterocycles. The molecule has 0 atom stereocenters. The van der Waals surface area contributed by atoms with E-state index in [9.17, 15) is 9.18 Å². The Bertz CT molecular complexity index is 817. The molecule has 2 heterocycles. The molecule has 0 bridgehead atoms. The number of carbonyl (C=O) groups is 1. The Hall–Kier alpha value is -2.28. The molecule has 0 N–H and O–H groups in total. The molecule has 2 aliphatic rings. The fourth-order valence-corrected chi connectivity index (χ4v) is 4.51. The van der Waals surface area contributed by atoms with Gasteiger partial charge in [-0.25, -0.2) is 4.39 Å². The van der Waals surface area contributed by atoms with Crippen LogP contribution in [-0.4, -0.2) is 56.9 Å². The van der Waals surface area contributed by atoms with E-state index in [0.29, 0.717) is 31.2 Å². The van der Waals surface area contributed by atoms with E-state index >= 15 is 0 Å². The zero-order chi connectivity index (χ0) is 20.1. The molecule has 7 heteroatoms. The molecular weight excluding hydrogens is 369 g/mol. The lowest BCUT2D eigenvalue weighted by Gasteiger charge is -2.21. The van der Waals surface area contributed by atoms with Gasteiger partial charge in [0.25, 0.3) is 5.91 Å². The van der Waals surface area contributed by atoms with Gasteiger partial charge in [-0.1, -0.05) is 36.6 Å². The highest BCUT2D eigenvalue weighted by Crippen LogP contribution is 2.24. The second-order valence-electron chi connectivity index (χ2n) is 8.38. The van der Waals surface area contributed by atoms with E-state index in [-0.39, 0.29) is 11.7 Å². The lowest BCUT2D eigenvalue weighted by atomic mass is 9.89. The van der Waals surface area contributed by atoms with E-state index in [2.05, 4.69) is 15.2 Å². The molecule has 1 aromatic heterocycles. The van der Waals surface area contributed by atoms with Crippen molar-refractivity contribution < 1.29 is 9.18 Å². The van der Waals surface area contributed by atoms with Gasteiger partial charge in [0.2, 0.25) is 0 Å². The highest BCUT2D eigenvalue weighted by atomic mass is 19.1. The quantitative estimate of drug-likeness (QED) is 0.774. The number of hydrogen-bond donors (Lipinski definition) is 0. The molecule has 6 nitrogen and oxygen atoms in total. The average molecular weight is 400 g/mol. The molecule has 29 heavy (non-hydrogen) atoms. The number of benzene rings is 1. The van der Waals surface area contributed by atoms with Crippen LogP contribution in [0.5, 0.6) is 0 Å². The van der Waals surface area contributed by atoms with Crippen LogP contribution >= 0.6 is 0 Å². The van der Waals surface area contributed by atoms with Gasteiger partial charge in [-0.3, -0.25) is 14.4 Å². The van der Waals surface area contributed by atoms with Crippen LogP contribution in [0.15, 0.2) is 30.5 Å². The van der Waals surface area contributed by atoms with Gasteiger partial charge in [-0.05, 0) is 42.9 Å². The summed E-state index contributed by atoms with van der Waals surface area (Å²) < 4.78 is 15.3. The molecular formula is C22H30FN5O. The number of rotatable bonds is 5. The maximum atomic E-state index is 13.4. The van der Waals surface area contributed by atoms with Crippen molar-refractivity contribution in [3.63, 3.8) is 0 Å². The summed E-state index contributed by atoms with van der Waals surface area (Å²) in [4.78, 5) is 17.1. The summed E-state index contributed by atoms with van der Waals surface area (Å²) in [6, 6.07) is 6.74. The number of halogens is 1. The number of amides is 1. The van der Waals surface area contributed by atoms with E-state index in [1.54, 1.807) is 12.1 Å². The van der Waals surface area contributed by atoms with Crippen LogP contribution in [0, 0.1) is 11.7 Å². The van der Waals surface area contributed by atoms with Gasteiger partial charge in [0.1, 0.15) is 5.82 Å². The zero-order valence-corrected chi connectivity index (χ0v) is 17.0. The minimum Gasteiger partial charge on any atom is -0.336 e. The summed E-state index contributed by atoms with van der Waals surface area (Å²) in [5, 5.41) is 8.35. The average Bonchev–Trinajstić information content (AvgIpc) is 3.06. The molecule has 1 saturated heterocycles. The standard InChI is InChI=1S/C22H30FN5O/c23-20-9-4-8-19(14-20)15-26-10-5-11-27(13-12-26)22(29)21-17-28(25-24-21)16-18-6-2-1-3-7-18/h4,8-9,14,17-18H,1-3,5-7,10-13,15-16H2. The SMILES string of the molecule is O=C(c1cn(CC2CCCCC2)nn1)N1CCCN(Cc2cccc(F)c2)CC1. The molecule has 0 radical (unpaired) electrons. The Morgan fingerprint density at radius 3 is 2.76 bits per heavy atom. The second-order valence-corrected chi connectivity index (χ2v) is 8.38. The predicted octanol–water partition coefficient (Wildman–Crippen LogP) is 3.35. The summed E-state index contributed by atoms with van der Waals surface area (Å²) in [5.41, 5.74) is 1.41. The fraction of sp³-hybridized carbons (Fsp3) is 0.591. The fourth-order valence-electron chi connectivity index (χ4n) is 4.51. The van der Waals surface area contributed by atoms with E-state index in [4.69, 9.17) is 0 Å². The van der Waals surface area contributed by atoms with Crippen LogP contribution in [0.1, 0.15) is 54.6 Å². The van der Waals surface area contributed by atoms with Gasteiger partial charge < -0.3 is 4.90 Å². The van der Waals surface area contributed by atoms with Crippen molar-refractivity contribution in [1.82, 2.24) is 24.8 Å². The minimum atomic E-state index is -0.203. The van der Waals surface area contributed by atoms with Crippen molar-refractivity contribution in [2.45, 2.75) is 51.6 Å².